The van der Waals surface area contributed by atoms with Gasteiger partial charge < -0.3 is 9.64 Å². The van der Waals surface area contributed by atoms with Crippen molar-refractivity contribution in [2.24, 2.45) is 0 Å². The molecule has 1 amide bonds. The molecule has 1 atom stereocenters. The van der Waals surface area contributed by atoms with Crippen LogP contribution in [0.25, 0.3) is 0 Å². The second-order valence-corrected chi connectivity index (χ2v) is 9.41. The smallest absolute Gasteiger partial charge is 0.230 e. The summed E-state index contributed by atoms with van der Waals surface area (Å²) in [5, 5.41) is 0. The Balaban J connectivity index is 1.38. The topological polar surface area (TPSA) is 29.5 Å². The van der Waals surface area contributed by atoms with Crippen molar-refractivity contribution in [3.05, 3.63) is 168 Å². The Morgan fingerprint density at radius 2 is 1.11 bits per heavy atom. The first kappa shape index (κ1) is 23.7. The molecule has 1 saturated heterocycles. The highest BCUT2D eigenvalue weighted by Gasteiger charge is 2.40. The summed E-state index contributed by atoms with van der Waals surface area (Å²) >= 11 is 0. The fourth-order valence-electron chi connectivity index (χ4n) is 5.24. The Labute approximate surface area is 221 Å². The summed E-state index contributed by atoms with van der Waals surface area (Å²) in [6, 6.07) is 44.6. The van der Waals surface area contributed by atoms with Crippen LogP contribution in [0.4, 0.5) is 10.1 Å². The molecule has 1 unspecified atom stereocenters. The summed E-state index contributed by atoms with van der Waals surface area (Å²) in [5.41, 5.74) is 3.91. The van der Waals surface area contributed by atoms with E-state index in [1.807, 2.05) is 78.9 Å². The summed E-state index contributed by atoms with van der Waals surface area (Å²) in [6.07, 6.45) is 0.416. The summed E-state index contributed by atoms with van der Waals surface area (Å²) in [7, 11) is 0. The lowest BCUT2D eigenvalue weighted by Crippen LogP contribution is -2.46. The molecule has 4 heteroatoms. The molecule has 3 nitrogen and oxygen atoms in total. The molecule has 1 heterocycles. The van der Waals surface area contributed by atoms with E-state index in [9.17, 15) is 9.18 Å². The van der Waals surface area contributed by atoms with Crippen molar-refractivity contribution in [2.45, 2.75) is 18.1 Å². The lowest BCUT2D eigenvalue weighted by atomic mass is 9.80. The molecule has 1 fully saturated rings. The fourth-order valence-corrected chi connectivity index (χ4v) is 5.24. The maximum atomic E-state index is 13.4. The molecule has 6 rings (SSSR count). The van der Waals surface area contributed by atoms with Crippen LogP contribution >= 0.6 is 0 Å². The number of hydrogen-bond donors (Lipinski definition) is 0. The minimum Gasteiger partial charge on any atom is -0.473 e. The molecule has 0 N–H and O–H groups in total. The van der Waals surface area contributed by atoms with Crippen LogP contribution in [0.1, 0.15) is 34.7 Å². The average Bonchev–Trinajstić information content (AvgIpc) is 2.97. The number of rotatable bonds is 7. The SMILES string of the molecule is O=C1CC(c2ccc(OC(c3ccccc3)(c3ccccc3)c3ccccc3)cc2)N1c1ccc(F)cc1. The third-order valence-corrected chi connectivity index (χ3v) is 7.13. The van der Waals surface area contributed by atoms with E-state index in [-0.39, 0.29) is 17.8 Å². The van der Waals surface area contributed by atoms with Crippen molar-refractivity contribution in [1.82, 2.24) is 0 Å². The van der Waals surface area contributed by atoms with Gasteiger partial charge in [0.15, 0.2) is 5.60 Å². The lowest BCUT2D eigenvalue weighted by Gasteiger charge is -2.41. The first-order chi connectivity index (χ1) is 18.6. The van der Waals surface area contributed by atoms with Crippen LogP contribution < -0.4 is 9.64 Å². The van der Waals surface area contributed by atoms with Crippen molar-refractivity contribution in [2.75, 3.05) is 4.90 Å². The van der Waals surface area contributed by atoms with Crippen LogP contribution in [-0.2, 0) is 10.4 Å². The molecule has 1 aliphatic heterocycles. The zero-order valence-corrected chi connectivity index (χ0v) is 20.7. The first-order valence-electron chi connectivity index (χ1n) is 12.7. The molecule has 38 heavy (non-hydrogen) atoms. The minimum absolute atomic E-state index is 0.0261. The van der Waals surface area contributed by atoms with Crippen molar-refractivity contribution >= 4 is 11.6 Å². The first-order valence-corrected chi connectivity index (χ1v) is 12.7. The van der Waals surface area contributed by atoms with Crippen LogP contribution in [0, 0.1) is 5.82 Å². The normalized spacial score (nSPS) is 15.1. The maximum absolute atomic E-state index is 13.4. The molecular formula is C34H26FNO2. The summed E-state index contributed by atoms with van der Waals surface area (Å²) in [4.78, 5) is 14.2. The van der Waals surface area contributed by atoms with E-state index in [0.717, 1.165) is 22.3 Å². The van der Waals surface area contributed by atoms with E-state index >= 15 is 0 Å². The Hall–Kier alpha value is -4.70. The van der Waals surface area contributed by atoms with Gasteiger partial charge in [0.2, 0.25) is 5.91 Å². The van der Waals surface area contributed by atoms with Gasteiger partial charge in [-0.25, -0.2) is 4.39 Å². The number of benzene rings is 5. The van der Waals surface area contributed by atoms with E-state index in [0.29, 0.717) is 17.9 Å². The van der Waals surface area contributed by atoms with Crippen LogP contribution in [0.2, 0.25) is 0 Å². The number of carbonyl (C=O) groups excluding carboxylic acids is 1. The van der Waals surface area contributed by atoms with Gasteiger partial charge >= 0.3 is 0 Å². The van der Waals surface area contributed by atoms with Crippen LogP contribution in [0.15, 0.2) is 140 Å². The van der Waals surface area contributed by atoms with E-state index in [1.54, 1.807) is 17.0 Å². The predicted octanol–water partition coefficient (Wildman–Crippen LogP) is 7.67. The third-order valence-electron chi connectivity index (χ3n) is 7.13. The molecule has 5 aromatic carbocycles. The molecule has 0 saturated carbocycles. The lowest BCUT2D eigenvalue weighted by molar-refractivity contribution is -0.124. The highest BCUT2D eigenvalue weighted by atomic mass is 19.1. The van der Waals surface area contributed by atoms with Crippen molar-refractivity contribution in [3.8, 4) is 5.75 Å². The van der Waals surface area contributed by atoms with Gasteiger partial charge in [-0.3, -0.25) is 4.79 Å². The maximum Gasteiger partial charge on any atom is 0.230 e. The second-order valence-electron chi connectivity index (χ2n) is 9.41. The Kier molecular flexibility index (Phi) is 6.22. The van der Waals surface area contributed by atoms with E-state index in [4.69, 9.17) is 4.74 Å². The van der Waals surface area contributed by atoms with Gasteiger partial charge in [0.05, 0.1) is 12.5 Å². The molecule has 0 aliphatic carbocycles. The Morgan fingerprint density at radius 3 is 1.55 bits per heavy atom. The van der Waals surface area contributed by atoms with Crippen molar-refractivity contribution < 1.29 is 13.9 Å². The predicted molar refractivity (Wildman–Crippen MR) is 148 cm³/mol. The van der Waals surface area contributed by atoms with Crippen molar-refractivity contribution in [3.63, 3.8) is 0 Å². The highest BCUT2D eigenvalue weighted by molar-refractivity contribution is 6.01. The van der Waals surface area contributed by atoms with Gasteiger partial charge in [0.1, 0.15) is 11.6 Å². The van der Waals surface area contributed by atoms with Gasteiger partial charge in [-0.1, -0.05) is 103 Å². The summed E-state index contributed by atoms with van der Waals surface area (Å²) in [5.74, 6) is 0.418. The quantitative estimate of drug-likeness (QED) is 0.170. The van der Waals surface area contributed by atoms with Crippen LogP contribution in [0.5, 0.6) is 5.75 Å². The Morgan fingerprint density at radius 1 is 0.632 bits per heavy atom. The molecular weight excluding hydrogens is 473 g/mol. The number of β-lactam (4-membered cyclic amide) rings is 1. The number of hydrogen-bond acceptors (Lipinski definition) is 2. The van der Waals surface area contributed by atoms with Crippen LogP contribution in [-0.4, -0.2) is 5.91 Å². The monoisotopic (exact) mass is 499 g/mol. The van der Waals surface area contributed by atoms with E-state index < -0.39 is 5.60 Å². The minimum atomic E-state index is -0.863. The second kappa shape index (κ2) is 9.98. The Bertz CT molecular complexity index is 1420. The molecule has 0 spiro atoms. The van der Waals surface area contributed by atoms with Gasteiger partial charge in [-0.2, -0.15) is 0 Å². The summed E-state index contributed by atoms with van der Waals surface area (Å²) in [6.45, 7) is 0. The number of ether oxygens (including phenoxy) is 1. The summed E-state index contributed by atoms with van der Waals surface area (Å²) < 4.78 is 20.4. The van der Waals surface area contributed by atoms with Gasteiger partial charge in [-0.05, 0) is 42.0 Å². The molecule has 1 aliphatic rings. The fraction of sp³-hybridized carbons (Fsp3) is 0.0882. The van der Waals surface area contributed by atoms with Crippen molar-refractivity contribution in [1.29, 1.82) is 0 Å². The number of nitrogens with zero attached hydrogens (tertiary/aromatic N) is 1. The molecule has 0 bridgehead atoms. The van der Waals surface area contributed by atoms with Gasteiger partial charge in [0.25, 0.3) is 0 Å². The standard InChI is InChI=1S/C34H26FNO2/c35-29-18-20-30(21-19-29)36-32(24-33(36)37)25-16-22-31(23-17-25)38-34(26-10-4-1-5-11-26,27-12-6-2-7-13-27)28-14-8-3-9-15-28/h1-23,32H,24H2. The largest absolute Gasteiger partial charge is 0.473 e. The number of carbonyl (C=O) groups is 1. The number of amides is 1. The third kappa shape index (κ3) is 4.24. The zero-order valence-electron chi connectivity index (χ0n) is 20.7. The van der Waals surface area contributed by atoms with Gasteiger partial charge in [-0.15, -0.1) is 0 Å². The molecule has 0 aromatic heterocycles. The van der Waals surface area contributed by atoms with Gasteiger partial charge in [0, 0.05) is 22.4 Å². The number of anilines is 1. The average molecular weight is 500 g/mol. The van der Waals surface area contributed by atoms with E-state index in [2.05, 4.69) is 36.4 Å². The molecule has 0 radical (unpaired) electrons. The molecule has 5 aromatic rings. The van der Waals surface area contributed by atoms with E-state index in [1.165, 1.54) is 12.1 Å². The zero-order chi connectivity index (χ0) is 26.0. The number of halogens is 1. The van der Waals surface area contributed by atoms with Crippen LogP contribution in [0.3, 0.4) is 0 Å². The highest BCUT2D eigenvalue weighted by Crippen LogP contribution is 2.43. The molecule has 186 valence electrons.